The Morgan fingerprint density at radius 3 is 2.70 bits per heavy atom. The molecule has 0 aliphatic carbocycles. The maximum absolute atomic E-state index is 12.3. The van der Waals surface area contributed by atoms with Gasteiger partial charge in [0.2, 0.25) is 0 Å². The van der Waals surface area contributed by atoms with Crippen LogP contribution in [0.25, 0.3) is 11.1 Å². The smallest absolute Gasteiger partial charge is 0.319 e. The van der Waals surface area contributed by atoms with Crippen LogP contribution >= 0.6 is 0 Å². The Balaban J connectivity index is 1.62. The molecule has 0 aliphatic heterocycles. The standard InChI is InChI=1S/C20H24N4O3/c1-4-26-13-15-8-6-5-7-14(15)12-21-19(25)22-16-9-10-17-18(11-16)27-20(23-17)24(2)3/h5-11H,4,12-13H2,1-3H3,(H2,21,22,25). The molecule has 7 nitrogen and oxygen atoms in total. The largest absolute Gasteiger partial charge is 0.423 e. The van der Waals surface area contributed by atoms with Gasteiger partial charge in [-0.05, 0) is 30.2 Å². The Kier molecular flexibility index (Phi) is 5.93. The van der Waals surface area contributed by atoms with E-state index in [-0.39, 0.29) is 6.03 Å². The van der Waals surface area contributed by atoms with Crippen molar-refractivity contribution in [3.8, 4) is 0 Å². The van der Waals surface area contributed by atoms with Gasteiger partial charge in [0, 0.05) is 39.0 Å². The quantitative estimate of drug-likeness (QED) is 0.664. The van der Waals surface area contributed by atoms with Crippen LogP contribution in [-0.4, -0.2) is 31.7 Å². The molecule has 2 aromatic carbocycles. The van der Waals surface area contributed by atoms with E-state index in [1.54, 1.807) is 17.0 Å². The SMILES string of the molecule is CCOCc1ccccc1CNC(=O)Nc1ccc2nc(N(C)C)oc2c1. The number of fused-ring (bicyclic) bond motifs is 1. The first-order chi connectivity index (χ1) is 13.1. The molecule has 0 unspecified atom stereocenters. The summed E-state index contributed by atoms with van der Waals surface area (Å²) in [5, 5.41) is 5.70. The third-order valence-corrected chi connectivity index (χ3v) is 4.04. The summed E-state index contributed by atoms with van der Waals surface area (Å²) in [4.78, 5) is 18.4. The molecule has 142 valence electrons. The highest BCUT2D eigenvalue weighted by atomic mass is 16.5. The van der Waals surface area contributed by atoms with Crippen molar-refractivity contribution < 1.29 is 13.9 Å². The maximum Gasteiger partial charge on any atom is 0.319 e. The van der Waals surface area contributed by atoms with E-state index in [4.69, 9.17) is 9.15 Å². The average molecular weight is 368 g/mol. The van der Waals surface area contributed by atoms with Gasteiger partial charge in [-0.15, -0.1) is 0 Å². The molecule has 0 aliphatic rings. The van der Waals surface area contributed by atoms with Crippen LogP contribution in [0.3, 0.4) is 0 Å². The van der Waals surface area contributed by atoms with Crippen molar-refractivity contribution in [1.29, 1.82) is 0 Å². The lowest BCUT2D eigenvalue weighted by atomic mass is 10.1. The molecule has 0 spiro atoms. The van der Waals surface area contributed by atoms with Crippen LogP contribution in [0.1, 0.15) is 18.1 Å². The second-order valence-electron chi connectivity index (χ2n) is 6.29. The molecular weight excluding hydrogens is 344 g/mol. The number of carbonyl (C=O) groups is 1. The molecule has 0 saturated carbocycles. The fourth-order valence-electron chi connectivity index (χ4n) is 2.62. The van der Waals surface area contributed by atoms with Gasteiger partial charge in [0.25, 0.3) is 6.01 Å². The van der Waals surface area contributed by atoms with Crippen LogP contribution in [0.2, 0.25) is 0 Å². The molecule has 3 aromatic rings. The summed E-state index contributed by atoms with van der Waals surface area (Å²) in [5.74, 6) is 0. The van der Waals surface area contributed by atoms with E-state index < -0.39 is 0 Å². The van der Waals surface area contributed by atoms with Gasteiger partial charge in [0.1, 0.15) is 5.52 Å². The molecular formula is C20H24N4O3. The van der Waals surface area contributed by atoms with Gasteiger partial charge in [-0.25, -0.2) is 4.79 Å². The second kappa shape index (κ2) is 8.55. The molecule has 27 heavy (non-hydrogen) atoms. The minimum atomic E-state index is -0.284. The Labute approximate surface area is 158 Å². The van der Waals surface area contributed by atoms with Crippen molar-refractivity contribution in [3.63, 3.8) is 0 Å². The van der Waals surface area contributed by atoms with Crippen LogP contribution in [-0.2, 0) is 17.9 Å². The van der Waals surface area contributed by atoms with E-state index in [1.807, 2.05) is 51.4 Å². The highest BCUT2D eigenvalue weighted by Crippen LogP contribution is 2.23. The first-order valence-corrected chi connectivity index (χ1v) is 8.84. The van der Waals surface area contributed by atoms with E-state index >= 15 is 0 Å². The zero-order valence-electron chi connectivity index (χ0n) is 15.8. The first-order valence-electron chi connectivity index (χ1n) is 8.84. The van der Waals surface area contributed by atoms with Gasteiger partial charge < -0.3 is 24.7 Å². The predicted octanol–water partition coefficient (Wildman–Crippen LogP) is 3.75. The van der Waals surface area contributed by atoms with Crippen LogP contribution in [0.4, 0.5) is 16.5 Å². The first kappa shape index (κ1) is 18.7. The van der Waals surface area contributed by atoms with Crippen LogP contribution < -0.4 is 15.5 Å². The van der Waals surface area contributed by atoms with Gasteiger partial charge >= 0.3 is 6.03 Å². The number of nitrogens with zero attached hydrogens (tertiary/aromatic N) is 2. The number of aromatic nitrogens is 1. The summed E-state index contributed by atoms with van der Waals surface area (Å²) >= 11 is 0. The third-order valence-electron chi connectivity index (χ3n) is 4.04. The summed E-state index contributed by atoms with van der Waals surface area (Å²) in [6.07, 6.45) is 0. The average Bonchev–Trinajstić information content (AvgIpc) is 3.09. The molecule has 0 saturated heterocycles. The van der Waals surface area contributed by atoms with Gasteiger partial charge in [0.05, 0.1) is 6.61 Å². The van der Waals surface area contributed by atoms with Crippen LogP contribution in [0.15, 0.2) is 46.9 Å². The third kappa shape index (κ3) is 4.77. The minimum Gasteiger partial charge on any atom is -0.423 e. The van der Waals surface area contributed by atoms with Crippen molar-refractivity contribution in [2.24, 2.45) is 0 Å². The number of amides is 2. The van der Waals surface area contributed by atoms with Gasteiger partial charge in [-0.3, -0.25) is 0 Å². The topological polar surface area (TPSA) is 79.6 Å². The number of urea groups is 1. The summed E-state index contributed by atoms with van der Waals surface area (Å²) in [6.45, 7) is 3.57. The lowest BCUT2D eigenvalue weighted by Crippen LogP contribution is -2.28. The summed E-state index contributed by atoms with van der Waals surface area (Å²) in [7, 11) is 3.72. The maximum atomic E-state index is 12.3. The lowest BCUT2D eigenvalue weighted by molar-refractivity contribution is 0.133. The molecule has 1 heterocycles. The molecule has 0 bridgehead atoms. The molecule has 0 atom stereocenters. The number of carbonyl (C=O) groups excluding carboxylic acids is 1. The van der Waals surface area contributed by atoms with E-state index in [1.165, 1.54) is 0 Å². The summed E-state index contributed by atoms with van der Waals surface area (Å²) < 4.78 is 11.1. The normalized spacial score (nSPS) is 10.8. The molecule has 3 rings (SSSR count). The lowest BCUT2D eigenvalue weighted by Gasteiger charge is -2.11. The van der Waals surface area contributed by atoms with Crippen molar-refractivity contribution >= 4 is 28.8 Å². The number of benzene rings is 2. The van der Waals surface area contributed by atoms with E-state index in [0.717, 1.165) is 16.6 Å². The van der Waals surface area contributed by atoms with E-state index in [9.17, 15) is 4.79 Å². The van der Waals surface area contributed by atoms with Crippen molar-refractivity contribution in [1.82, 2.24) is 10.3 Å². The molecule has 2 N–H and O–H groups in total. The molecule has 2 amide bonds. The second-order valence-corrected chi connectivity index (χ2v) is 6.29. The van der Waals surface area contributed by atoms with Gasteiger partial charge in [-0.2, -0.15) is 4.98 Å². The molecule has 0 fully saturated rings. The molecule has 1 aromatic heterocycles. The molecule has 7 heteroatoms. The van der Waals surface area contributed by atoms with Crippen LogP contribution in [0, 0.1) is 0 Å². The zero-order chi connectivity index (χ0) is 19.2. The Hall–Kier alpha value is -3.06. The monoisotopic (exact) mass is 368 g/mol. The molecule has 0 radical (unpaired) electrons. The van der Waals surface area contributed by atoms with Crippen molar-refractivity contribution in [2.75, 3.05) is 30.9 Å². The predicted molar refractivity (Wildman–Crippen MR) is 106 cm³/mol. The van der Waals surface area contributed by atoms with E-state index in [2.05, 4.69) is 15.6 Å². The number of hydrogen-bond acceptors (Lipinski definition) is 5. The number of hydrogen-bond donors (Lipinski definition) is 2. The number of rotatable bonds is 7. The number of oxazole rings is 1. The van der Waals surface area contributed by atoms with Crippen molar-refractivity contribution in [2.45, 2.75) is 20.1 Å². The van der Waals surface area contributed by atoms with Crippen LogP contribution in [0.5, 0.6) is 0 Å². The number of ether oxygens (including phenoxy) is 1. The highest BCUT2D eigenvalue weighted by Gasteiger charge is 2.10. The van der Waals surface area contributed by atoms with E-state index in [0.29, 0.717) is 37.0 Å². The summed E-state index contributed by atoms with van der Waals surface area (Å²) in [5.41, 5.74) is 4.11. The summed E-state index contributed by atoms with van der Waals surface area (Å²) in [6, 6.07) is 13.5. The minimum absolute atomic E-state index is 0.284. The van der Waals surface area contributed by atoms with Gasteiger partial charge in [0.15, 0.2) is 5.58 Å². The zero-order valence-corrected chi connectivity index (χ0v) is 15.8. The fraction of sp³-hybridized carbons (Fsp3) is 0.300. The van der Waals surface area contributed by atoms with Gasteiger partial charge in [-0.1, -0.05) is 24.3 Å². The Morgan fingerprint density at radius 1 is 1.19 bits per heavy atom. The number of nitrogens with one attached hydrogen (secondary N) is 2. The Morgan fingerprint density at radius 2 is 1.96 bits per heavy atom. The number of anilines is 2. The highest BCUT2D eigenvalue weighted by molar-refractivity contribution is 5.91. The van der Waals surface area contributed by atoms with Crippen molar-refractivity contribution in [3.05, 3.63) is 53.6 Å². The Bertz CT molecular complexity index is 920. The fourth-order valence-corrected chi connectivity index (χ4v) is 2.62.